The molecule has 1 N–H and O–H groups in total. The van der Waals surface area contributed by atoms with E-state index in [-0.39, 0.29) is 0 Å². The van der Waals surface area contributed by atoms with Crippen molar-refractivity contribution in [1.82, 2.24) is 19.9 Å². The molecule has 0 spiro atoms. The Labute approximate surface area is 88.6 Å². The highest BCUT2D eigenvalue weighted by Crippen LogP contribution is 2.19. The second kappa shape index (κ2) is 4.25. The molecule has 2 heterocycles. The molecular weight excluding hydrogens is 190 g/mol. The van der Waals surface area contributed by atoms with E-state index in [4.69, 9.17) is 0 Å². The summed E-state index contributed by atoms with van der Waals surface area (Å²) < 4.78 is 0. The lowest BCUT2D eigenvalue weighted by molar-refractivity contribution is 0.780. The number of aromatic amines is 1. The normalized spacial score (nSPS) is 10.8. The van der Waals surface area contributed by atoms with Gasteiger partial charge in [0, 0.05) is 13.1 Å². The molecule has 0 aliphatic heterocycles. The molecule has 0 saturated carbocycles. The van der Waals surface area contributed by atoms with E-state index in [9.17, 15) is 0 Å². The first kappa shape index (κ1) is 9.89. The van der Waals surface area contributed by atoms with Crippen molar-refractivity contribution in [1.29, 1.82) is 0 Å². The minimum Gasteiger partial charge on any atom is -0.355 e. The Hall–Kier alpha value is -1.65. The fourth-order valence-electron chi connectivity index (χ4n) is 1.68. The molecule has 5 heteroatoms. The standard InChI is InChI=1S/C10H15N5/c1-3-5-15(4-2)10-8-9(12-6-11-8)13-7-14-10/h6-7H,3-5H2,1-2H3,(H,11,12,13,14). The quantitative estimate of drug-likeness (QED) is 0.823. The summed E-state index contributed by atoms with van der Waals surface area (Å²) in [5, 5.41) is 0. The molecule has 2 aromatic heterocycles. The predicted octanol–water partition coefficient (Wildman–Crippen LogP) is 1.59. The van der Waals surface area contributed by atoms with E-state index in [0.29, 0.717) is 0 Å². The average molecular weight is 205 g/mol. The SMILES string of the molecule is CCCN(CC)c1ncnc2nc[nH]c12. The highest BCUT2D eigenvalue weighted by molar-refractivity contribution is 5.82. The van der Waals surface area contributed by atoms with Crippen LogP contribution in [0.3, 0.4) is 0 Å². The van der Waals surface area contributed by atoms with Crippen molar-refractivity contribution in [2.45, 2.75) is 20.3 Å². The minimum atomic E-state index is 0.731. The van der Waals surface area contributed by atoms with Gasteiger partial charge < -0.3 is 9.88 Å². The Kier molecular flexibility index (Phi) is 2.80. The molecule has 0 radical (unpaired) electrons. The van der Waals surface area contributed by atoms with Gasteiger partial charge in [-0.15, -0.1) is 0 Å². The zero-order valence-electron chi connectivity index (χ0n) is 9.06. The van der Waals surface area contributed by atoms with Gasteiger partial charge in [0.05, 0.1) is 6.33 Å². The van der Waals surface area contributed by atoms with E-state index in [1.807, 2.05) is 0 Å². The van der Waals surface area contributed by atoms with Gasteiger partial charge in [-0.05, 0) is 13.3 Å². The van der Waals surface area contributed by atoms with Gasteiger partial charge in [-0.1, -0.05) is 6.92 Å². The Morgan fingerprint density at radius 3 is 2.87 bits per heavy atom. The van der Waals surface area contributed by atoms with E-state index >= 15 is 0 Å². The summed E-state index contributed by atoms with van der Waals surface area (Å²) >= 11 is 0. The van der Waals surface area contributed by atoms with Gasteiger partial charge in [-0.25, -0.2) is 15.0 Å². The van der Waals surface area contributed by atoms with Crippen LogP contribution in [0.4, 0.5) is 5.82 Å². The third-order valence-corrected chi connectivity index (χ3v) is 2.38. The zero-order chi connectivity index (χ0) is 10.7. The Bertz CT molecular complexity index is 436. The molecule has 0 amide bonds. The number of nitrogens with zero attached hydrogens (tertiary/aromatic N) is 4. The summed E-state index contributed by atoms with van der Waals surface area (Å²) in [5.74, 6) is 0.946. The van der Waals surface area contributed by atoms with Crippen LogP contribution in [-0.2, 0) is 0 Å². The van der Waals surface area contributed by atoms with Gasteiger partial charge in [-0.2, -0.15) is 0 Å². The van der Waals surface area contributed by atoms with Crippen molar-refractivity contribution >= 4 is 17.0 Å². The smallest absolute Gasteiger partial charge is 0.182 e. The molecule has 0 aliphatic rings. The molecule has 2 aromatic rings. The average Bonchev–Trinajstić information content (AvgIpc) is 2.73. The molecule has 0 fully saturated rings. The maximum absolute atomic E-state index is 4.31. The number of anilines is 1. The second-order valence-electron chi connectivity index (χ2n) is 3.38. The zero-order valence-corrected chi connectivity index (χ0v) is 9.06. The van der Waals surface area contributed by atoms with Crippen LogP contribution in [0.15, 0.2) is 12.7 Å². The Morgan fingerprint density at radius 1 is 1.27 bits per heavy atom. The summed E-state index contributed by atoms with van der Waals surface area (Å²) in [6.45, 7) is 6.23. The first-order valence-electron chi connectivity index (χ1n) is 5.25. The molecule has 5 nitrogen and oxygen atoms in total. The highest BCUT2D eigenvalue weighted by atomic mass is 15.2. The third-order valence-electron chi connectivity index (χ3n) is 2.38. The van der Waals surface area contributed by atoms with Crippen molar-refractivity contribution in [2.75, 3.05) is 18.0 Å². The maximum Gasteiger partial charge on any atom is 0.182 e. The molecule has 0 aromatic carbocycles. The molecule has 0 bridgehead atoms. The van der Waals surface area contributed by atoms with Gasteiger partial charge in [-0.3, -0.25) is 0 Å². The molecule has 0 saturated heterocycles. The van der Waals surface area contributed by atoms with Crippen LogP contribution in [0.25, 0.3) is 11.2 Å². The van der Waals surface area contributed by atoms with Crippen LogP contribution in [-0.4, -0.2) is 33.0 Å². The molecule has 0 aliphatic carbocycles. The van der Waals surface area contributed by atoms with Crippen molar-refractivity contribution in [2.24, 2.45) is 0 Å². The number of H-pyrrole nitrogens is 1. The van der Waals surface area contributed by atoms with Gasteiger partial charge in [0.1, 0.15) is 11.8 Å². The fourth-order valence-corrected chi connectivity index (χ4v) is 1.68. The lowest BCUT2D eigenvalue weighted by Gasteiger charge is -2.20. The molecular formula is C10H15N5. The monoisotopic (exact) mass is 205 g/mol. The first-order valence-corrected chi connectivity index (χ1v) is 5.25. The number of rotatable bonds is 4. The van der Waals surface area contributed by atoms with Gasteiger partial charge in [0.25, 0.3) is 0 Å². The van der Waals surface area contributed by atoms with Gasteiger partial charge in [0.2, 0.25) is 0 Å². The fraction of sp³-hybridized carbons (Fsp3) is 0.500. The molecule has 80 valence electrons. The topological polar surface area (TPSA) is 57.7 Å². The number of fused-ring (bicyclic) bond motifs is 1. The number of hydrogen-bond donors (Lipinski definition) is 1. The first-order chi connectivity index (χ1) is 7.36. The lowest BCUT2D eigenvalue weighted by atomic mass is 10.3. The van der Waals surface area contributed by atoms with E-state index < -0.39 is 0 Å². The van der Waals surface area contributed by atoms with Gasteiger partial charge in [0.15, 0.2) is 11.5 Å². The number of imidazole rings is 1. The largest absolute Gasteiger partial charge is 0.355 e. The Morgan fingerprint density at radius 2 is 2.13 bits per heavy atom. The Balaban J connectivity index is 2.44. The van der Waals surface area contributed by atoms with Crippen LogP contribution in [0.1, 0.15) is 20.3 Å². The minimum absolute atomic E-state index is 0.731. The maximum atomic E-state index is 4.31. The van der Waals surface area contributed by atoms with E-state index in [1.54, 1.807) is 12.7 Å². The van der Waals surface area contributed by atoms with Crippen LogP contribution < -0.4 is 4.90 Å². The van der Waals surface area contributed by atoms with Crippen LogP contribution in [0.5, 0.6) is 0 Å². The molecule has 0 unspecified atom stereocenters. The predicted molar refractivity (Wildman–Crippen MR) is 59.9 cm³/mol. The van der Waals surface area contributed by atoms with Crippen LogP contribution >= 0.6 is 0 Å². The van der Waals surface area contributed by atoms with Crippen molar-refractivity contribution < 1.29 is 0 Å². The van der Waals surface area contributed by atoms with Crippen molar-refractivity contribution in [3.8, 4) is 0 Å². The summed E-state index contributed by atoms with van der Waals surface area (Å²) in [7, 11) is 0. The lowest BCUT2D eigenvalue weighted by Crippen LogP contribution is -2.24. The van der Waals surface area contributed by atoms with Crippen molar-refractivity contribution in [3.05, 3.63) is 12.7 Å². The summed E-state index contributed by atoms with van der Waals surface area (Å²) in [4.78, 5) is 17.8. The summed E-state index contributed by atoms with van der Waals surface area (Å²) in [6.07, 6.45) is 4.33. The van der Waals surface area contributed by atoms with E-state index in [1.165, 1.54) is 0 Å². The van der Waals surface area contributed by atoms with Crippen LogP contribution in [0, 0.1) is 0 Å². The van der Waals surface area contributed by atoms with E-state index in [2.05, 4.69) is 38.7 Å². The van der Waals surface area contributed by atoms with Gasteiger partial charge >= 0.3 is 0 Å². The second-order valence-corrected chi connectivity index (χ2v) is 3.38. The molecule has 0 atom stereocenters. The van der Waals surface area contributed by atoms with Crippen LogP contribution in [0.2, 0.25) is 0 Å². The third kappa shape index (κ3) is 1.77. The molecule has 15 heavy (non-hydrogen) atoms. The van der Waals surface area contributed by atoms with Crippen molar-refractivity contribution in [3.63, 3.8) is 0 Å². The van der Waals surface area contributed by atoms with E-state index in [0.717, 1.165) is 36.5 Å². The highest BCUT2D eigenvalue weighted by Gasteiger charge is 2.11. The number of hydrogen-bond acceptors (Lipinski definition) is 4. The summed E-state index contributed by atoms with van der Waals surface area (Å²) in [6, 6.07) is 0. The molecule has 2 rings (SSSR count). The summed E-state index contributed by atoms with van der Waals surface area (Å²) in [5.41, 5.74) is 1.65. The number of nitrogens with one attached hydrogen (secondary N) is 1. The number of aromatic nitrogens is 4.